The molecule has 6 rings (SSSR count). The summed E-state index contributed by atoms with van der Waals surface area (Å²) in [6.07, 6.45) is 5.00. The van der Waals surface area contributed by atoms with E-state index in [1.54, 1.807) is 32.7 Å². The van der Waals surface area contributed by atoms with E-state index >= 15 is 0 Å². The van der Waals surface area contributed by atoms with E-state index in [0.717, 1.165) is 41.6 Å². The number of carbonyl (C=O) groups is 2. The minimum Gasteiger partial charge on any atom is -0.495 e. The zero-order chi connectivity index (χ0) is 34.5. The predicted molar refractivity (Wildman–Crippen MR) is 187 cm³/mol. The molecule has 4 aromatic rings. The van der Waals surface area contributed by atoms with E-state index in [4.69, 9.17) is 26.1 Å². The van der Waals surface area contributed by atoms with Crippen molar-refractivity contribution in [3.63, 3.8) is 0 Å². The van der Waals surface area contributed by atoms with Gasteiger partial charge in [0.05, 0.1) is 42.9 Å². The van der Waals surface area contributed by atoms with Crippen molar-refractivity contribution in [2.75, 3.05) is 39.2 Å². The summed E-state index contributed by atoms with van der Waals surface area (Å²) in [7, 11) is 3.15. The molecule has 0 bridgehead atoms. The van der Waals surface area contributed by atoms with Gasteiger partial charge in [-0.15, -0.1) is 0 Å². The number of halogens is 1. The molecule has 2 fully saturated rings. The number of anilines is 1. The van der Waals surface area contributed by atoms with Gasteiger partial charge in [-0.2, -0.15) is 0 Å². The first-order chi connectivity index (χ1) is 23.7. The van der Waals surface area contributed by atoms with E-state index in [2.05, 4.69) is 30.8 Å². The minimum atomic E-state index is -0.364. The average molecular weight is 686 g/mol. The van der Waals surface area contributed by atoms with Crippen LogP contribution in [0.4, 0.5) is 5.69 Å². The number of likely N-dealkylation sites (tertiary alicyclic amines) is 1. The van der Waals surface area contributed by atoms with Crippen molar-refractivity contribution in [3.8, 4) is 34.1 Å². The Balaban J connectivity index is 1.20. The number of pyridine rings is 3. The number of rotatable bonds is 12. The van der Waals surface area contributed by atoms with Gasteiger partial charge in [0.25, 0.3) is 5.91 Å². The molecule has 0 spiro atoms. The number of hydrogen-bond acceptors (Lipinski definition) is 10. The smallest absolute Gasteiger partial charge is 0.274 e. The van der Waals surface area contributed by atoms with Crippen molar-refractivity contribution in [1.29, 1.82) is 0 Å². The fourth-order valence-corrected chi connectivity index (χ4v) is 6.61. The van der Waals surface area contributed by atoms with Gasteiger partial charge >= 0.3 is 0 Å². The Kier molecular flexibility index (Phi) is 10.7. The van der Waals surface area contributed by atoms with E-state index in [-0.39, 0.29) is 29.7 Å². The Hall–Kier alpha value is -4.62. The number of nitrogens with one attached hydrogen (secondary N) is 3. The molecule has 13 heteroatoms. The maximum absolute atomic E-state index is 13.4. The molecule has 256 valence electrons. The molecule has 0 aliphatic carbocycles. The fraction of sp³-hybridized carbons (Fsp3) is 0.361. The van der Waals surface area contributed by atoms with Crippen LogP contribution >= 0.6 is 11.6 Å². The first kappa shape index (κ1) is 34.3. The number of ether oxygens (including phenoxy) is 2. The molecule has 3 aromatic heterocycles. The van der Waals surface area contributed by atoms with Gasteiger partial charge in [0.1, 0.15) is 11.4 Å². The third kappa shape index (κ3) is 7.83. The summed E-state index contributed by atoms with van der Waals surface area (Å²) in [4.78, 5) is 40.8. The maximum Gasteiger partial charge on any atom is 0.274 e. The highest BCUT2D eigenvalue weighted by Gasteiger charge is 2.24. The van der Waals surface area contributed by atoms with Crippen LogP contribution in [-0.2, 0) is 17.9 Å². The van der Waals surface area contributed by atoms with Crippen LogP contribution in [0.2, 0.25) is 5.02 Å². The summed E-state index contributed by atoms with van der Waals surface area (Å²) < 4.78 is 11.1. The minimum absolute atomic E-state index is 0.0894. The number of aliphatic hydroxyl groups excluding tert-OH is 1. The molecule has 2 saturated heterocycles. The molecule has 0 radical (unpaired) electrons. The first-order valence-corrected chi connectivity index (χ1v) is 16.6. The molecule has 49 heavy (non-hydrogen) atoms. The molecule has 12 nitrogen and oxygen atoms in total. The highest BCUT2D eigenvalue weighted by atomic mass is 35.5. The zero-order valence-corrected chi connectivity index (χ0v) is 28.5. The van der Waals surface area contributed by atoms with Crippen LogP contribution in [0, 0.1) is 6.92 Å². The number of hydrogen-bond donors (Lipinski definition) is 4. The lowest BCUT2D eigenvalue weighted by Crippen LogP contribution is -2.35. The lowest BCUT2D eigenvalue weighted by Gasteiger charge is -2.18. The highest BCUT2D eigenvalue weighted by Crippen LogP contribution is 2.38. The van der Waals surface area contributed by atoms with Crippen LogP contribution in [0.15, 0.2) is 54.9 Å². The van der Waals surface area contributed by atoms with Crippen LogP contribution in [0.1, 0.15) is 46.4 Å². The van der Waals surface area contributed by atoms with Crippen molar-refractivity contribution < 1.29 is 24.2 Å². The van der Waals surface area contributed by atoms with Crippen LogP contribution in [-0.4, -0.2) is 82.8 Å². The van der Waals surface area contributed by atoms with Crippen LogP contribution < -0.4 is 25.4 Å². The quantitative estimate of drug-likeness (QED) is 0.169. The second-order valence-corrected chi connectivity index (χ2v) is 12.7. The molecule has 1 aromatic carbocycles. The molecule has 2 aliphatic rings. The van der Waals surface area contributed by atoms with Crippen molar-refractivity contribution in [3.05, 3.63) is 82.3 Å². The Labute approximate surface area is 290 Å². The van der Waals surface area contributed by atoms with Crippen LogP contribution in [0.3, 0.4) is 0 Å². The van der Waals surface area contributed by atoms with Crippen molar-refractivity contribution in [1.82, 2.24) is 30.5 Å². The predicted octanol–water partition coefficient (Wildman–Crippen LogP) is 4.37. The number of amides is 2. The lowest BCUT2D eigenvalue weighted by molar-refractivity contribution is -0.119. The maximum atomic E-state index is 13.4. The van der Waals surface area contributed by atoms with E-state index in [0.29, 0.717) is 71.9 Å². The average Bonchev–Trinajstić information content (AvgIpc) is 3.72. The largest absolute Gasteiger partial charge is 0.495 e. The van der Waals surface area contributed by atoms with E-state index in [9.17, 15) is 14.7 Å². The monoisotopic (exact) mass is 685 g/mol. The summed E-state index contributed by atoms with van der Waals surface area (Å²) in [6.45, 7) is 4.99. The topological polar surface area (TPSA) is 151 Å². The van der Waals surface area contributed by atoms with Gasteiger partial charge in [-0.3, -0.25) is 19.5 Å². The van der Waals surface area contributed by atoms with Crippen molar-refractivity contribution in [2.24, 2.45) is 0 Å². The number of aliphatic hydroxyl groups is 1. The summed E-state index contributed by atoms with van der Waals surface area (Å²) in [5, 5.41) is 19.7. The molecule has 0 saturated carbocycles. The summed E-state index contributed by atoms with van der Waals surface area (Å²) in [5.74, 6) is 0.790. The van der Waals surface area contributed by atoms with Gasteiger partial charge in [-0.05, 0) is 49.6 Å². The molecule has 2 atom stereocenters. The Bertz CT molecular complexity index is 1850. The number of methoxy groups -OCH3 is 2. The van der Waals surface area contributed by atoms with Gasteiger partial charge < -0.3 is 30.5 Å². The molecular formula is C36H40ClN7O5. The standard InChI is InChI=1S/C36H40ClN7O5/c1-21-26(5-4-6-28(21)42-35(47)30-15-23(31(48-2)18-40-30)19-44-14-12-25(45)20-44)34-33(37)27(11-13-39-34)29-9-7-22(36(43-29)49-3)16-38-17-24-8-10-32(46)41-24/h4-7,9,11,13,15,18,24-25,38,45H,8,10,12,14,16-17,19-20H2,1-3H3,(H,41,46)(H,42,47)/t24-,25+/m1/s1. The summed E-state index contributed by atoms with van der Waals surface area (Å²) in [6, 6.07) is 13.1. The Morgan fingerprint density at radius 3 is 2.69 bits per heavy atom. The molecule has 5 heterocycles. The number of aromatic nitrogens is 3. The van der Waals surface area contributed by atoms with E-state index in [1.165, 1.54) is 0 Å². The normalized spacial score (nSPS) is 17.6. The van der Waals surface area contributed by atoms with Gasteiger partial charge in [0.2, 0.25) is 11.8 Å². The number of β-amino-alcohol motifs (C(OH)–C–C–N with tert-alkyl or cyclic N) is 1. The molecule has 2 amide bonds. The van der Waals surface area contributed by atoms with Gasteiger partial charge in [-0.25, -0.2) is 9.97 Å². The van der Waals surface area contributed by atoms with E-state index in [1.807, 2.05) is 43.3 Å². The Morgan fingerprint density at radius 1 is 1.10 bits per heavy atom. The molecular weight excluding hydrogens is 646 g/mol. The SMILES string of the molecule is COc1cnc(C(=O)Nc2cccc(-c3nccc(-c4ccc(CNC[C@H]5CCC(=O)N5)c(OC)n4)c3Cl)c2C)cc1CN1CC[C@H](O)C1. The van der Waals surface area contributed by atoms with Gasteiger partial charge in [-0.1, -0.05) is 29.8 Å². The third-order valence-corrected chi connectivity index (χ3v) is 9.35. The third-order valence-electron chi connectivity index (χ3n) is 8.97. The molecule has 4 N–H and O–H groups in total. The van der Waals surface area contributed by atoms with Gasteiger partial charge in [0.15, 0.2) is 0 Å². The highest BCUT2D eigenvalue weighted by molar-refractivity contribution is 6.35. The molecule has 2 aliphatic heterocycles. The van der Waals surface area contributed by atoms with Crippen LogP contribution in [0.25, 0.3) is 22.5 Å². The summed E-state index contributed by atoms with van der Waals surface area (Å²) in [5.41, 5.74) is 5.97. The second kappa shape index (κ2) is 15.3. The summed E-state index contributed by atoms with van der Waals surface area (Å²) >= 11 is 7.01. The Morgan fingerprint density at radius 2 is 1.96 bits per heavy atom. The van der Waals surface area contributed by atoms with Crippen molar-refractivity contribution >= 4 is 29.1 Å². The van der Waals surface area contributed by atoms with Crippen molar-refractivity contribution in [2.45, 2.75) is 51.4 Å². The number of benzene rings is 1. The number of nitrogens with zero attached hydrogens (tertiary/aromatic N) is 4. The molecule has 0 unspecified atom stereocenters. The van der Waals surface area contributed by atoms with Crippen LogP contribution in [0.5, 0.6) is 11.6 Å². The fourth-order valence-electron chi connectivity index (χ4n) is 6.30. The van der Waals surface area contributed by atoms with E-state index < -0.39 is 0 Å². The number of carbonyl (C=O) groups excluding carboxylic acids is 2. The van der Waals surface area contributed by atoms with Gasteiger partial charge in [0, 0.05) is 79.3 Å². The second-order valence-electron chi connectivity index (χ2n) is 12.3. The first-order valence-electron chi connectivity index (χ1n) is 16.3. The lowest BCUT2D eigenvalue weighted by atomic mass is 10.0. The zero-order valence-electron chi connectivity index (χ0n) is 27.8.